The summed E-state index contributed by atoms with van der Waals surface area (Å²) in [5, 5.41) is 7.62. The Morgan fingerprint density at radius 2 is 2.21 bits per heavy atom. The summed E-state index contributed by atoms with van der Waals surface area (Å²) >= 11 is 3.46. The molecule has 2 heterocycles. The Bertz CT molecular complexity index is 1050. The fraction of sp³-hybridized carbons (Fsp3) is 0.333. The van der Waals surface area contributed by atoms with Gasteiger partial charge in [-0.3, -0.25) is 9.48 Å². The van der Waals surface area contributed by atoms with E-state index >= 15 is 0 Å². The summed E-state index contributed by atoms with van der Waals surface area (Å²) in [6.45, 7) is 5.16. The van der Waals surface area contributed by atoms with Crippen LogP contribution in [0.3, 0.4) is 0 Å². The van der Waals surface area contributed by atoms with Gasteiger partial charge >= 0.3 is 0 Å². The fourth-order valence-corrected chi connectivity index (χ4v) is 4.09. The van der Waals surface area contributed by atoms with E-state index in [1.54, 1.807) is 7.11 Å². The summed E-state index contributed by atoms with van der Waals surface area (Å²) in [5.74, 6) is 1.70. The first-order chi connectivity index (χ1) is 13.5. The van der Waals surface area contributed by atoms with Crippen molar-refractivity contribution in [2.45, 2.75) is 39.8 Å². The summed E-state index contributed by atoms with van der Waals surface area (Å²) in [6, 6.07) is 5.71. The van der Waals surface area contributed by atoms with E-state index < -0.39 is 0 Å². The van der Waals surface area contributed by atoms with E-state index in [-0.39, 0.29) is 5.91 Å². The van der Waals surface area contributed by atoms with Crippen molar-refractivity contribution < 1.29 is 13.9 Å². The Labute approximate surface area is 172 Å². The SMILES string of the molecule is CCn1cc2c(n1)-c1c(oc(C(=O)NCc3cc(Br)ccc3OC)c1C)CC2. The number of rotatable bonds is 5. The number of halogens is 1. The molecule has 0 atom stereocenters. The van der Waals surface area contributed by atoms with Crippen LogP contribution < -0.4 is 10.1 Å². The third kappa shape index (κ3) is 3.24. The number of aromatic nitrogens is 2. The van der Waals surface area contributed by atoms with Crippen molar-refractivity contribution in [1.29, 1.82) is 0 Å². The largest absolute Gasteiger partial charge is 0.496 e. The lowest BCUT2D eigenvalue weighted by Gasteiger charge is -2.10. The van der Waals surface area contributed by atoms with Crippen LogP contribution in [0.4, 0.5) is 0 Å². The molecule has 1 aliphatic carbocycles. The van der Waals surface area contributed by atoms with Crippen LogP contribution >= 0.6 is 15.9 Å². The van der Waals surface area contributed by atoms with Crippen LogP contribution in [0.15, 0.2) is 33.3 Å². The second-order valence-electron chi connectivity index (χ2n) is 6.85. The van der Waals surface area contributed by atoms with Gasteiger partial charge in [-0.05, 0) is 44.0 Å². The zero-order valence-corrected chi connectivity index (χ0v) is 17.7. The first-order valence-electron chi connectivity index (χ1n) is 9.31. The van der Waals surface area contributed by atoms with Crippen molar-refractivity contribution in [2.24, 2.45) is 0 Å². The van der Waals surface area contributed by atoms with Crippen molar-refractivity contribution >= 4 is 21.8 Å². The number of hydrogen-bond acceptors (Lipinski definition) is 4. The maximum atomic E-state index is 12.8. The Balaban J connectivity index is 1.59. The van der Waals surface area contributed by atoms with E-state index in [1.807, 2.05) is 29.8 Å². The lowest BCUT2D eigenvalue weighted by Crippen LogP contribution is -2.23. The van der Waals surface area contributed by atoms with E-state index in [0.29, 0.717) is 12.3 Å². The third-order valence-corrected chi connectivity index (χ3v) is 5.62. The smallest absolute Gasteiger partial charge is 0.287 e. The lowest BCUT2D eigenvalue weighted by atomic mass is 9.93. The van der Waals surface area contributed by atoms with Gasteiger partial charge in [0.05, 0.1) is 12.8 Å². The second-order valence-corrected chi connectivity index (χ2v) is 7.77. The molecular weight excluding hydrogens is 422 g/mol. The highest BCUT2D eigenvalue weighted by Gasteiger charge is 2.29. The predicted molar refractivity (Wildman–Crippen MR) is 110 cm³/mol. The van der Waals surface area contributed by atoms with E-state index in [4.69, 9.17) is 9.15 Å². The number of carbonyl (C=O) groups is 1. The minimum Gasteiger partial charge on any atom is -0.496 e. The Kier molecular flexibility index (Phi) is 5.02. The summed E-state index contributed by atoms with van der Waals surface area (Å²) in [5.41, 5.74) is 4.86. The number of fused-ring (bicyclic) bond motifs is 3. The van der Waals surface area contributed by atoms with Gasteiger partial charge in [0.2, 0.25) is 0 Å². The molecule has 3 aromatic rings. The number of methoxy groups -OCH3 is 1. The van der Waals surface area contributed by atoms with Crippen LogP contribution in [0, 0.1) is 6.92 Å². The Hall–Kier alpha value is -2.54. The van der Waals surface area contributed by atoms with Gasteiger partial charge in [0.25, 0.3) is 5.91 Å². The highest BCUT2D eigenvalue weighted by molar-refractivity contribution is 9.10. The van der Waals surface area contributed by atoms with Crippen LogP contribution in [-0.4, -0.2) is 22.8 Å². The summed E-state index contributed by atoms with van der Waals surface area (Å²) in [4.78, 5) is 12.8. The number of nitrogens with one attached hydrogen (secondary N) is 1. The molecule has 0 aliphatic heterocycles. The topological polar surface area (TPSA) is 69.3 Å². The molecule has 1 N–H and O–H groups in total. The van der Waals surface area contributed by atoms with Gasteiger partial charge in [0.1, 0.15) is 11.5 Å². The van der Waals surface area contributed by atoms with Gasteiger partial charge < -0.3 is 14.5 Å². The predicted octanol–water partition coefficient (Wildman–Crippen LogP) is 4.27. The highest BCUT2D eigenvalue weighted by atomic mass is 79.9. The van der Waals surface area contributed by atoms with E-state index in [0.717, 1.165) is 57.8 Å². The van der Waals surface area contributed by atoms with E-state index in [2.05, 4.69) is 39.5 Å². The van der Waals surface area contributed by atoms with Gasteiger partial charge in [-0.2, -0.15) is 5.10 Å². The number of hydrogen-bond donors (Lipinski definition) is 1. The molecule has 0 fully saturated rings. The molecule has 2 aromatic heterocycles. The molecule has 28 heavy (non-hydrogen) atoms. The van der Waals surface area contributed by atoms with Crippen molar-refractivity contribution in [2.75, 3.05) is 7.11 Å². The average Bonchev–Trinajstić information content (AvgIpc) is 3.26. The van der Waals surface area contributed by atoms with Gasteiger partial charge in [-0.15, -0.1) is 0 Å². The van der Waals surface area contributed by atoms with E-state index in [1.165, 1.54) is 5.56 Å². The number of aryl methyl sites for hydroxylation is 3. The molecule has 1 aliphatic rings. The minimum atomic E-state index is -0.231. The van der Waals surface area contributed by atoms with Gasteiger partial charge in [-0.25, -0.2) is 0 Å². The standard InChI is InChI=1S/C21H22BrN3O3/c1-4-25-11-13-5-7-17-18(19(13)24-25)12(2)20(28-17)21(26)23-10-14-9-15(22)6-8-16(14)27-3/h6,8-9,11H,4-5,7,10H2,1-3H3,(H,23,26). The van der Waals surface area contributed by atoms with Crippen LogP contribution in [0.2, 0.25) is 0 Å². The number of amides is 1. The maximum Gasteiger partial charge on any atom is 0.287 e. The quantitative estimate of drug-likeness (QED) is 0.638. The highest BCUT2D eigenvalue weighted by Crippen LogP contribution is 2.38. The molecule has 4 rings (SSSR count). The molecule has 146 valence electrons. The van der Waals surface area contributed by atoms with Crippen LogP contribution in [0.25, 0.3) is 11.3 Å². The van der Waals surface area contributed by atoms with Gasteiger partial charge in [-0.1, -0.05) is 15.9 Å². The molecular formula is C21H22BrN3O3. The number of furan rings is 1. The number of carbonyl (C=O) groups excluding carboxylic acids is 1. The molecule has 0 radical (unpaired) electrons. The molecule has 0 bridgehead atoms. The van der Waals surface area contributed by atoms with Crippen molar-refractivity contribution in [3.8, 4) is 17.0 Å². The van der Waals surface area contributed by atoms with Gasteiger partial charge in [0, 0.05) is 46.9 Å². The van der Waals surface area contributed by atoms with Crippen molar-refractivity contribution in [3.63, 3.8) is 0 Å². The molecule has 0 spiro atoms. The third-order valence-electron chi connectivity index (χ3n) is 5.13. The van der Waals surface area contributed by atoms with Crippen molar-refractivity contribution in [3.05, 3.63) is 57.1 Å². The van der Waals surface area contributed by atoms with Crippen LogP contribution in [0.5, 0.6) is 5.75 Å². The number of benzene rings is 1. The molecule has 7 heteroatoms. The number of nitrogens with zero attached hydrogens (tertiary/aromatic N) is 2. The Morgan fingerprint density at radius 1 is 1.39 bits per heavy atom. The first kappa shape index (κ1) is 18.8. The zero-order chi connectivity index (χ0) is 19.8. The molecule has 0 saturated heterocycles. The zero-order valence-electron chi connectivity index (χ0n) is 16.1. The summed E-state index contributed by atoms with van der Waals surface area (Å²) in [7, 11) is 1.62. The Morgan fingerprint density at radius 3 is 2.96 bits per heavy atom. The molecule has 6 nitrogen and oxygen atoms in total. The van der Waals surface area contributed by atoms with Crippen molar-refractivity contribution in [1.82, 2.24) is 15.1 Å². The molecule has 1 aromatic carbocycles. The monoisotopic (exact) mass is 443 g/mol. The van der Waals surface area contributed by atoms with Crippen LogP contribution in [0.1, 0.15) is 39.9 Å². The maximum absolute atomic E-state index is 12.8. The first-order valence-corrected chi connectivity index (χ1v) is 10.1. The molecule has 0 unspecified atom stereocenters. The summed E-state index contributed by atoms with van der Waals surface area (Å²) in [6.07, 6.45) is 3.75. The van der Waals surface area contributed by atoms with E-state index in [9.17, 15) is 4.79 Å². The average molecular weight is 444 g/mol. The normalized spacial score (nSPS) is 12.4. The lowest BCUT2D eigenvalue weighted by molar-refractivity contribution is 0.0920. The van der Waals surface area contributed by atoms with Gasteiger partial charge in [0.15, 0.2) is 5.76 Å². The minimum absolute atomic E-state index is 0.231. The summed E-state index contributed by atoms with van der Waals surface area (Å²) < 4.78 is 14.2. The molecule has 1 amide bonds. The second kappa shape index (κ2) is 7.47. The molecule has 0 saturated carbocycles. The van der Waals surface area contributed by atoms with Crippen LogP contribution in [-0.2, 0) is 25.9 Å². The number of ether oxygens (including phenoxy) is 1. The fourth-order valence-electron chi connectivity index (χ4n) is 3.68.